The number of esters is 1. The van der Waals surface area contributed by atoms with Crippen LogP contribution in [-0.2, 0) is 19.6 Å². The fourth-order valence-electron chi connectivity index (χ4n) is 2.91. The lowest BCUT2D eigenvalue weighted by atomic mass is 10.2. The van der Waals surface area contributed by atoms with Crippen LogP contribution in [0.4, 0.5) is 11.4 Å². The molecule has 1 N–H and O–H groups in total. The van der Waals surface area contributed by atoms with E-state index in [9.17, 15) is 18.0 Å². The molecule has 0 heterocycles. The van der Waals surface area contributed by atoms with Crippen molar-refractivity contribution in [2.24, 2.45) is 0 Å². The number of nitriles is 1. The van der Waals surface area contributed by atoms with Gasteiger partial charge in [-0.15, -0.1) is 0 Å². The Morgan fingerprint density at radius 1 is 1.06 bits per heavy atom. The Morgan fingerprint density at radius 2 is 1.71 bits per heavy atom. The van der Waals surface area contributed by atoms with E-state index in [0.717, 1.165) is 9.87 Å². The summed E-state index contributed by atoms with van der Waals surface area (Å²) >= 11 is 5.92. The number of aryl methyl sites for hydroxylation is 1. The van der Waals surface area contributed by atoms with Gasteiger partial charge in [-0.3, -0.25) is 9.10 Å². The number of halogens is 1. The SMILES string of the molecule is Cc1ccc(S(=O)(=O)N(C)c2ccc(C(=O)OCC(=O)Nc3ccc(C#N)c(Cl)c3)cc2)cc1. The molecule has 174 valence electrons. The summed E-state index contributed by atoms with van der Waals surface area (Å²) in [7, 11) is -2.34. The number of nitrogens with one attached hydrogen (secondary N) is 1. The van der Waals surface area contributed by atoms with Crippen LogP contribution in [0.1, 0.15) is 21.5 Å². The van der Waals surface area contributed by atoms with Gasteiger partial charge in [0, 0.05) is 12.7 Å². The summed E-state index contributed by atoms with van der Waals surface area (Å²) < 4.78 is 31.8. The Balaban J connectivity index is 1.60. The monoisotopic (exact) mass is 497 g/mol. The van der Waals surface area contributed by atoms with Gasteiger partial charge >= 0.3 is 5.97 Å². The smallest absolute Gasteiger partial charge is 0.338 e. The van der Waals surface area contributed by atoms with Crippen molar-refractivity contribution in [2.75, 3.05) is 23.3 Å². The Kier molecular flexibility index (Phi) is 7.56. The van der Waals surface area contributed by atoms with Crippen LogP contribution in [0, 0.1) is 18.3 Å². The summed E-state index contributed by atoms with van der Waals surface area (Å²) in [5, 5.41) is 11.6. The van der Waals surface area contributed by atoms with E-state index in [1.807, 2.05) is 13.0 Å². The molecular formula is C24H20ClN3O5S. The average Bonchev–Trinajstić information content (AvgIpc) is 2.82. The first-order valence-corrected chi connectivity index (χ1v) is 11.8. The second-order valence-corrected chi connectivity index (χ2v) is 9.64. The van der Waals surface area contributed by atoms with E-state index >= 15 is 0 Å². The molecule has 1 amide bonds. The van der Waals surface area contributed by atoms with E-state index < -0.39 is 28.5 Å². The molecule has 0 atom stereocenters. The van der Waals surface area contributed by atoms with Crippen LogP contribution < -0.4 is 9.62 Å². The van der Waals surface area contributed by atoms with Crippen molar-refractivity contribution in [1.29, 1.82) is 5.26 Å². The number of carbonyl (C=O) groups excluding carboxylic acids is 2. The predicted octanol–water partition coefficient (Wildman–Crippen LogP) is 4.14. The predicted molar refractivity (Wildman–Crippen MR) is 128 cm³/mol. The third-order valence-corrected chi connectivity index (χ3v) is 6.97. The molecule has 0 bridgehead atoms. The van der Waals surface area contributed by atoms with Gasteiger partial charge in [-0.25, -0.2) is 13.2 Å². The Morgan fingerprint density at radius 3 is 2.29 bits per heavy atom. The van der Waals surface area contributed by atoms with Gasteiger partial charge in [-0.1, -0.05) is 29.3 Å². The van der Waals surface area contributed by atoms with Crippen molar-refractivity contribution in [3.05, 3.63) is 88.4 Å². The minimum Gasteiger partial charge on any atom is -0.452 e. The molecule has 0 spiro atoms. The van der Waals surface area contributed by atoms with E-state index in [2.05, 4.69) is 5.32 Å². The topological polar surface area (TPSA) is 117 Å². The van der Waals surface area contributed by atoms with Gasteiger partial charge in [0.15, 0.2) is 6.61 Å². The van der Waals surface area contributed by atoms with Crippen LogP contribution in [0.15, 0.2) is 71.6 Å². The van der Waals surface area contributed by atoms with Crippen molar-refractivity contribution >= 4 is 44.9 Å². The van der Waals surface area contributed by atoms with Crippen LogP contribution in [0.3, 0.4) is 0 Å². The molecule has 0 saturated heterocycles. The standard InChI is InChI=1S/C24H20ClN3O5S/c1-16-3-11-21(12-4-16)34(31,32)28(2)20-9-6-17(7-10-20)24(30)33-15-23(29)27-19-8-5-18(14-26)22(25)13-19/h3-13H,15H2,1-2H3,(H,27,29). The van der Waals surface area contributed by atoms with Gasteiger partial charge in [0.25, 0.3) is 15.9 Å². The second-order valence-electron chi connectivity index (χ2n) is 7.26. The van der Waals surface area contributed by atoms with Crippen LogP contribution in [-0.4, -0.2) is 33.9 Å². The Bertz CT molecular complexity index is 1370. The fraction of sp³-hybridized carbons (Fsp3) is 0.125. The molecule has 0 aliphatic heterocycles. The third kappa shape index (κ3) is 5.73. The highest BCUT2D eigenvalue weighted by atomic mass is 35.5. The third-order valence-electron chi connectivity index (χ3n) is 4.85. The number of rotatable bonds is 7. The Hall–Kier alpha value is -3.87. The molecule has 3 aromatic carbocycles. The lowest BCUT2D eigenvalue weighted by molar-refractivity contribution is -0.119. The normalized spacial score (nSPS) is 10.8. The van der Waals surface area contributed by atoms with E-state index in [0.29, 0.717) is 11.4 Å². The number of amides is 1. The van der Waals surface area contributed by atoms with Crippen LogP contribution in [0.5, 0.6) is 0 Å². The average molecular weight is 498 g/mol. The van der Waals surface area contributed by atoms with Crippen LogP contribution in [0.25, 0.3) is 0 Å². The van der Waals surface area contributed by atoms with Crippen molar-refractivity contribution in [3.63, 3.8) is 0 Å². The van der Waals surface area contributed by atoms with Crippen molar-refractivity contribution in [2.45, 2.75) is 11.8 Å². The van der Waals surface area contributed by atoms with Gasteiger partial charge in [0.2, 0.25) is 0 Å². The summed E-state index contributed by atoms with van der Waals surface area (Å²) in [5.41, 5.74) is 2.07. The van der Waals surface area contributed by atoms with Gasteiger partial charge in [0.05, 0.1) is 26.7 Å². The molecule has 0 saturated carbocycles. The summed E-state index contributed by atoms with van der Waals surface area (Å²) in [6, 6.07) is 18.6. The number of ether oxygens (including phenoxy) is 1. The highest BCUT2D eigenvalue weighted by Crippen LogP contribution is 2.23. The van der Waals surface area contributed by atoms with E-state index in [-0.39, 0.29) is 21.0 Å². The number of benzene rings is 3. The molecule has 0 radical (unpaired) electrons. The summed E-state index contributed by atoms with van der Waals surface area (Å²) in [5.74, 6) is -1.33. The molecule has 8 nitrogen and oxygen atoms in total. The molecule has 0 unspecified atom stereocenters. The zero-order valence-electron chi connectivity index (χ0n) is 18.3. The van der Waals surface area contributed by atoms with Crippen molar-refractivity contribution in [1.82, 2.24) is 0 Å². The molecule has 0 aromatic heterocycles. The van der Waals surface area contributed by atoms with Crippen LogP contribution >= 0.6 is 11.6 Å². The minimum absolute atomic E-state index is 0.152. The number of hydrogen-bond donors (Lipinski definition) is 1. The van der Waals surface area contributed by atoms with E-state index in [4.69, 9.17) is 21.6 Å². The maximum Gasteiger partial charge on any atom is 0.338 e. The molecule has 0 aliphatic carbocycles. The molecule has 0 fully saturated rings. The first-order valence-electron chi connectivity index (χ1n) is 9.94. The number of hydrogen-bond acceptors (Lipinski definition) is 6. The lowest BCUT2D eigenvalue weighted by Crippen LogP contribution is -2.26. The highest BCUT2D eigenvalue weighted by molar-refractivity contribution is 7.92. The minimum atomic E-state index is -3.76. The Labute approximate surface area is 202 Å². The quantitative estimate of drug-likeness (QED) is 0.490. The number of carbonyl (C=O) groups is 2. The van der Waals surface area contributed by atoms with Gasteiger partial charge in [-0.2, -0.15) is 5.26 Å². The lowest BCUT2D eigenvalue weighted by Gasteiger charge is -2.19. The van der Waals surface area contributed by atoms with Crippen molar-refractivity contribution in [3.8, 4) is 6.07 Å². The maximum atomic E-state index is 12.8. The first kappa shape index (κ1) is 24.8. The number of anilines is 2. The number of sulfonamides is 1. The second kappa shape index (κ2) is 10.4. The summed E-state index contributed by atoms with van der Waals surface area (Å²) in [6.45, 7) is 1.32. The fourth-order valence-corrected chi connectivity index (χ4v) is 4.33. The highest BCUT2D eigenvalue weighted by Gasteiger charge is 2.21. The molecule has 3 rings (SSSR count). The number of nitrogens with zero attached hydrogens (tertiary/aromatic N) is 2. The molecule has 10 heteroatoms. The molecule has 3 aromatic rings. The van der Waals surface area contributed by atoms with Gasteiger partial charge in [-0.05, 0) is 61.5 Å². The summed E-state index contributed by atoms with van der Waals surface area (Å²) in [6.07, 6.45) is 0. The zero-order chi connectivity index (χ0) is 24.9. The van der Waals surface area contributed by atoms with Gasteiger partial charge < -0.3 is 10.1 Å². The van der Waals surface area contributed by atoms with Gasteiger partial charge in [0.1, 0.15) is 6.07 Å². The van der Waals surface area contributed by atoms with Crippen LogP contribution in [0.2, 0.25) is 5.02 Å². The van der Waals surface area contributed by atoms with E-state index in [1.54, 1.807) is 12.1 Å². The molecule has 34 heavy (non-hydrogen) atoms. The molecule has 0 aliphatic rings. The first-order chi connectivity index (χ1) is 16.1. The largest absolute Gasteiger partial charge is 0.452 e. The zero-order valence-corrected chi connectivity index (χ0v) is 19.9. The summed E-state index contributed by atoms with van der Waals surface area (Å²) in [4.78, 5) is 24.5. The van der Waals surface area contributed by atoms with Crippen molar-refractivity contribution < 1.29 is 22.7 Å². The van der Waals surface area contributed by atoms with E-state index in [1.165, 1.54) is 61.6 Å². The molecular weight excluding hydrogens is 478 g/mol. The maximum absolute atomic E-state index is 12.8.